The molecule has 2 nitrogen and oxygen atoms in total. The van der Waals surface area contributed by atoms with Crippen molar-refractivity contribution in [1.82, 2.24) is 0 Å². The van der Waals surface area contributed by atoms with Crippen molar-refractivity contribution in [1.29, 1.82) is 0 Å². The highest BCUT2D eigenvalue weighted by atomic mass is 32.1. The summed E-state index contributed by atoms with van der Waals surface area (Å²) < 4.78 is 13.7. The molecule has 0 saturated heterocycles. The summed E-state index contributed by atoms with van der Waals surface area (Å²) in [6, 6.07) is 4.64. The highest BCUT2D eigenvalue weighted by Crippen LogP contribution is 2.39. The lowest BCUT2D eigenvalue weighted by Gasteiger charge is -1.92. The molecule has 62 valence electrons. The minimum Gasteiger partial charge on any atom is -0.498 e. The maximum absolute atomic E-state index is 13.1. The molecule has 0 amide bonds. The summed E-state index contributed by atoms with van der Waals surface area (Å²) >= 11 is 1.08. The molecular formula is C8H6FNOS. The number of thiophene rings is 1. The van der Waals surface area contributed by atoms with Gasteiger partial charge in [-0.05, 0) is 12.1 Å². The highest BCUT2D eigenvalue weighted by Gasteiger charge is 2.10. The van der Waals surface area contributed by atoms with E-state index in [1.807, 2.05) is 0 Å². The molecule has 4 heteroatoms. The summed E-state index contributed by atoms with van der Waals surface area (Å²) in [6.07, 6.45) is 0. The Bertz CT molecular complexity index is 438. The van der Waals surface area contributed by atoms with Gasteiger partial charge in [0, 0.05) is 4.70 Å². The van der Waals surface area contributed by atoms with Crippen LogP contribution in [0.25, 0.3) is 10.1 Å². The minimum atomic E-state index is -0.387. The number of nitrogen functional groups attached to an aromatic ring is 1. The molecule has 0 radical (unpaired) electrons. The third kappa shape index (κ3) is 0.848. The fourth-order valence-corrected chi connectivity index (χ4v) is 1.99. The molecule has 0 bridgehead atoms. The first-order valence-corrected chi connectivity index (χ1v) is 4.17. The van der Waals surface area contributed by atoms with Crippen LogP contribution in [0.2, 0.25) is 0 Å². The number of fused-ring (bicyclic) bond motifs is 1. The Kier molecular flexibility index (Phi) is 1.44. The van der Waals surface area contributed by atoms with Crippen LogP contribution in [0.1, 0.15) is 0 Å². The Morgan fingerprint density at radius 2 is 2.17 bits per heavy atom. The summed E-state index contributed by atoms with van der Waals surface area (Å²) in [7, 11) is 0. The maximum atomic E-state index is 13.1. The third-order valence-electron chi connectivity index (χ3n) is 1.68. The molecule has 12 heavy (non-hydrogen) atoms. The number of rotatable bonds is 0. The summed E-state index contributed by atoms with van der Waals surface area (Å²) in [6.45, 7) is 0. The number of benzene rings is 1. The lowest BCUT2D eigenvalue weighted by Crippen LogP contribution is -1.83. The van der Waals surface area contributed by atoms with Crippen molar-refractivity contribution < 1.29 is 9.50 Å². The maximum Gasteiger partial charge on any atom is 0.196 e. The van der Waals surface area contributed by atoms with Crippen LogP contribution in [0.3, 0.4) is 0 Å². The zero-order chi connectivity index (χ0) is 8.72. The lowest BCUT2D eigenvalue weighted by molar-refractivity contribution is 0.493. The van der Waals surface area contributed by atoms with Gasteiger partial charge in [-0.1, -0.05) is 17.4 Å². The van der Waals surface area contributed by atoms with Gasteiger partial charge in [0.1, 0.15) is 5.82 Å². The van der Waals surface area contributed by atoms with Crippen LogP contribution in [0, 0.1) is 5.82 Å². The van der Waals surface area contributed by atoms with Gasteiger partial charge in [-0.15, -0.1) is 0 Å². The first-order chi connectivity index (χ1) is 5.70. The third-order valence-corrected chi connectivity index (χ3v) is 2.66. The van der Waals surface area contributed by atoms with E-state index in [9.17, 15) is 9.50 Å². The van der Waals surface area contributed by atoms with E-state index in [4.69, 9.17) is 5.73 Å². The number of hydrogen-bond donors (Lipinski definition) is 2. The smallest absolute Gasteiger partial charge is 0.196 e. The molecule has 0 unspecified atom stereocenters. The number of halogens is 1. The molecular weight excluding hydrogens is 177 g/mol. The van der Waals surface area contributed by atoms with E-state index in [0.29, 0.717) is 10.1 Å². The largest absolute Gasteiger partial charge is 0.498 e. The van der Waals surface area contributed by atoms with Crippen molar-refractivity contribution >= 4 is 27.1 Å². The molecule has 0 fully saturated rings. The molecule has 0 aliphatic rings. The number of anilines is 1. The van der Waals surface area contributed by atoms with Gasteiger partial charge in [-0.2, -0.15) is 0 Å². The Morgan fingerprint density at radius 3 is 2.83 bits per heavy atom. The monoisotopic (exact) mass is 183 g/mol. The molecule has 0 aliphatic carbocycles. The van der Waals surface area contributed by atoms with E-state index in [-0.39, 0.29) is 16.6 Å². The number of aromatic hydroxyl groups is 1. The van der Waals surface area contributed by atoms with E-state index in [1.54, 1.807) is 12.1 Å². The van der Waals surface area contributed by atoms with Crippen molar-refractivity contribution in [3.8, 4) is 5.06 Å². The number of hydrogen-bond acceptors (Lipinski definition) is 3. The molecule has 3 N–H and O–H groups in total. The Labute approximate surface area is 72.1 Å². The van der Waals surface area contributed by atoms with E-state index >= 15 is 0 Å². The van der Waals surface area contributed by atoms with Crippen molar-refractivity contribution in [3.05, 3.63) is 24.0 Å². The van der Waals surface area contributed by atoms with Crippen molar-refractivity contribution in [2.45, 2.75) is 0 Å². The molecule has 1 heterocycles. The van der Waals surface area contributed by atoms with Crippen LogP contribution >= 0.6 is 11.3 Å². The Hall–Kier alpha value is -1.29. The topological polar surface area (TPSA) is 46.2 Å². The predicted molar refractivity (Wildman–Crippen MR) is 47.9 cm³/mol. The van der Waals surface area contributed by atoms with Crippen molar-refractivity contribution in [2.24, 2.45) is 0 Å². The summed E-state index contributed by atoms with van der Waals surface area (Å²) in [5, 5.41) is 9.50. The molecule has 0 spiro atoms. The molecule has 0 atom stereocenters. The van der Waals surface area contributed by atoms with Crippen molar-refractivity contribution in [2.75, 3.05) is 5.73 Å². The molecule has 1 aromatic heterocycles. The summed E-state index contributed by atoms with van der Waals surface area (Å²) in [5.41, 5.74) is 5.59. The highest BCUT2D eigenvalue weighted by molar-refractivity contribution is 7.21. The van der Waals surface area contributed by atoms with E-state index in [1.165, 1.54) is 6.07 Å². The molecule has 1 aromatic carbocycles. The zero-order valence-electron chi connectivity index (χ0n) is 6.04. The second-order valence-electron chi connectivity index (χ2n) is 2.43. The molecule has 0 aliphatic heterocycles. The van der Waals surface area contributed by atoms with Gasteiger partial charge in [0.25, 0.3) is 0 Å². The lowest BCUT2D eigenvalue weighted by atomic mass is 10.2. The van der Waals surface area contributed by atoms with Crippen LogP contribution in [0.5, 0.6) is 5.06 Å². The van der Waals surface area contributed by atoms with Gasteiger partial charge in [0.05, 0.1) is 11.1 Å². The fraction of sp³-hybridized carbons (Fsp3) is 0. The quantitative estimate of drug-likeness (QED) is 0.658. The SMILES string of the molecule is Nc1c(O)sc2cccc(F)c12. The van der Waals surface area contributed by atoms with Gasteiger partial charge in [0.15, 0.2) is 5.06 Å². The van der Waals surface area contributed by atoms with E-state index in [0.717, 1.165) is 11.3 Å². The van der Waals surface area contributed by atoms with E-state index in [2.05, 4.69) is 0 Å². The fourth-order valence-electron chi connectivity index (χ4n) is 1.12. The van der Waals surface area contributed by atoms with Gasteiger partial charge in [0.2, 0.25) is 0 Å². The standard InChI is InChI=1S/C8H6FNOS/c9-4-2-1-3-5-6(4)7(10)8(11)12-5/h1-3,11H,10H2. The predicted octanol–water partition coefficient (Wildman–Crippen LogP) is 2.33. The average molecular weight is 183 g/mol. The van der Waals surface area contributed by atoms with Crippen LogP contribution in [0.4, 0.5) is 10.1 Å². The molecule has 2 aromatic rings. The van der Waals surface area contributed by atoms with Gasteiger partial charge < -0.3 is 10.8 Å². The second-order valence-corrected chi connectivity index (χ2v) is 3.46. The van der Waals surface area contributed by atoms with Crippen LogP contribution < -0.4 is 5.73 Å². The molecule has 0 saturated carbocycles. The van der Waals surface area contributed by atoms with Gasteiger partial charge in [-0.25, -0.2) is 4.39 Å². The first-order valence-electron chi connectivity index (χ1n) is 3.35. The minimum absolute atomic E-state index is 0.0184. The molecule has 2 rings (SSSR count). The summed E-state index contributed by atoms with van der Waals surface area (Å²) in [5.74, 6) is -0.387. The average Bonchev–Trinajstić information content (AvgIpc) is 2.29. The first kappa shape index (κ1) is 7.36. The Morgan fingerprint density at radius 1 is 1.42 bits per heavy atom. The van der Waals surface area contributed by atoms with Crippen molar-refractivity contribution in [3.63, 3.8) is 0 Å². The zero-order valence-corrected chi connectivity index (χ0v) is 6.86. The normalized spacial score (nSPS) is 10.8. The van der Waals surface area contributed by atoms with Crippen LogP contribution in [-0.2, 0) is 0 Å². The second kappa shape index (κ2) is 2.35. The number of nitrogens with two attached hydrogens (primary N) is 1. The Balaban J connectivity index is 2.97. The van der Waals surface area contributed by atoms with Gasteiger partial charge >= 0.3 is 0 Å². The van der Waals surface area contributed by atoms with Gasteiger partial charge in [-0.3, -0.25) is 0 Å². The van der Waals surface area contributed by atoms with Crippen LogP contribution in [0.15, 0.2) is 18.2 Å². The van der Waals surface area contributed by atoms with Crippen LogP contribution in [-0.4, -0.2) is 5.11 Å². The van der Waals surface area contributed by atoms with E-state index < -0.39 is 0 Å². The summed E-state index contributed by atoms with van der Waals surface area (Å²) in [4.78, 5) is 0.